The highest BCUT2D eigenvalue weighted by molar-refractivity contribution is 5.94. The maximum atomic E-state index is 11.1. The van der Waals surface area contributed by atoms with Crippen molar-refractivity contribution in [2.75, 3.05) is 0 Å². The van der Waals surface area contributed by atoms with Crippen LogP contribution in [0.15, 0.2) is 12.2 Å². The molecule has 1 atom stereocenters. The van der Waals surface area contributed by atoms with Gasteiger partial charge in [-0.15, -0.1) is 0 Å². The van der Waals surface area contributed by atoms with Gasteiger partial charge in [-0.2, -0.15) is 0 Å². The van der Waals surface area contributed by atoms with Crippen LogP contribution in [0.3, 0.4) is 0 Å². The summed E-state index contributed by atoms with van der Waals surface area (Å²) in [6.45, 7) is 0. The van der Waals surface area contributed by atoms with Gasteiger partial charge >= 0.3 is 0 Å². The number of carbonyl (C=O) groups is 1. The number of aliphatic hydroxyl groups is 1. The average molecular weight is 180 g/mol. The van der Waals surface area contributed by atoms with Crippen molar-refractivity contribution < 1.29 is 9.90 Å². The molecule has 0 heterocycles. The highest BCUT2D eigenvalue weighted by atomic mass is 16.3. The van der Waals surface area contributed by atoms with E-state index in [4.69, 9.17) is 0 Å². The minimum Gasteiger partial charge on any atom is -0.385 e. The van der Waals surface area contributed by atoms with Gasteiger partial charge in [-0.1, -0.05) is 25.3 Å². The summed E-state index contributed by atoms with van der Waals surface area (Å²) < 4.78 is 0. The van der Waals surface area contributed by atoms with Crippen LogP contribution in [0.5, 0.6) is 0 Å². The van der Waals surface area contributed by atoms with Crippen LogP contribution < -0.4 is 0 Å². The van der Waals surface area contributed by atoms with Crippen molar-refractivity contribution in [3.05, 3.63) is 12.2 Å². The van der Waals surface area contributed by atoms with Gasteiger partial charge in [0.2, 0.25) is 0 Å². The molecule has 2 rings (SSSR count). The summed E-state index contributed by atoms with van der Waals surface area (Å²) in [5.41, 5.74) is 0.158. The largest absolute Gasteiger partial charge is 0.385 e. The predicted molar refractivity (Wildman–Crippen MR) is 50.3 cm³/mol. The Hall–Kier alpha value is -0.630. The molecule has 0 bridgehead atoms. The van der Waals surface area contributed by atoms with E-state index in [-0.39, 0.29) is 11.2 Å². The van der Waals surface area contributed by atoms with Crippen molar-refractivity contribution in [1.29, 1.82) is 0 Å². The Bertz CT molecular complexity index is 236. The fraction of sp³-hybridized carbons (Fsp3) is 0.727. The van der Waals surface area contributed by atoms with Crippen molar-refractivity contribution in [2.24, 2.45) is 5.41 Å². The van der Waals surface area contributed by atoms with E-state index in [9.17, 15) is 9.90 Å². The van der Waals surface area contributed by atoms with E-state index in [2.05, 4.69) is 0 Å². The Morgan fingerprint density at radius 1 is 1.31 bits per heavy atom. The second-order valence-electron chi connectivity index (χ2n) is 4.38. The van der Waals surface area contributed by atoms with Crippen LogP contribution in [0.1, 0.15) is 38.5 Å². The van der Waals surface area contributed by atoms with Gasteiger partial charge in [0, 0.05) is 0 Å². The van der Waals surface area contributed by atoms with Gasteiger partial charge in [-0.25, -0.2) is 0 Å². The number of hydrogen-bond acceptors (Lipinski definition) is 2. The number of hydrogen-bond donors (Lipinski definition) is 1. The zero-order valence-electron chi connectivity index (χ0n) is 7.83. The molecule has 2 aliphatic carbocycles. The smallest absolute Gasteiger partial charge is 0.183 e. The fourth-order valence-corrected chi connectivity index (χ4v) is 2.55. The van der Waals surface area contributed by atoms with E-state index in [0.29, 0.717) is 6.42 Å². The Morgan fingerprint density at radius 3 is 2.62 bits per heavy atom. The molecule has 2 aliphatic rings. The molecule has 0 aromatic rings. The van der Waals surface area contributed by atoms with E-state index >= 15 is 0 Å². The standard InChI is InChI=1S/C11H16O2/c12-9-4-7-11(8-10(9)13)5-2-1-3-6-11/h4,7,10,13H,1-3,5-6,8H2. The Morgan fingerprint density at radius 2 is 2.00 bits per heavy atom. The molecule has 0 aliphatic heterocycles. The van der Waals surface area contributed by atoms with Crippen LogP contribution in [0.25, 0.3) is 0 Å². The predicted octanol–water partition coefficient (Wildman–Crippen LogP) is 1.83. The summed E-state index contributed by atoms with van der Waals surface area (Å²) in [4.78, 5) is 11.1. The molecule has 2 nitrogen and oxygen atoms in total. The van der Waals surface area contributed by atoms with Crippen molar-refractivity contribution in [3.63, 3.8) is 0 Å². The van der Waals surface area contributed by atoms with E-state index in [1.54, 1.807) is 6.08 Å². The Balaban J connectivity index is 2.15. The third-order valence-corrected chi connectivity index (χ3v) is 3.38. The molecule has 0 aromatic carbocycles. The molecule has 0 radical (unpaired) electrons. The van der Waals surface area contributed by atoms with Crippen molar-refractivity contribution >= 4 is 5.78 Å². The minimum atomic E-state index is -0.733. The molecule has 13 heavy (non-hydrogen) atoms. The normalized spacial score (nSPS) is 32.4. The van der Waals surface area contributed by atoms with Gasteiger partial charge in [0.15, 0.2) is 5.78 Å². The van der Waals surface area contributed by atoms with E-state index in [1.165, 1.54) is 19.3 Å². The number of carbonyl (C=O) groups excluding carboxylic acids is 1. The summed E-state index contributed by atoms with van der Waals surface area (Å²) in [7, 11) is 0. The van der Waals surface area contributed by atoms with E-state index in [0.717, 1.165) is 12.8 Å². The second kappa shape index (κ2) is 3.26. The molecule has 0 saturated heterocycles. The lowest BCUT2D eigenvalue weighted by atomic mass is 9.68. The first-order valence-corrected chi connectivity index (χ1v) is 5.13. The molecule has 1 saturated carbocycles. The minimum absolute atomic E-state index is 0.115. The van der Waals surface area contributed by atoms with Crippen LogP contribution in [-0.2, 0) is 4.79 Å². The van der Waals surface area contributed by atoms with E-state index < -0.39 is 6.10 Å². The van der Waals surface area contributed by atoms with Crippen LogP contribution in [-0.4, -0.2) is 17.0 Å². The monoisotopic (exact) mass is 180 g/mol. The van der Waals surface area contributed by atoms with Gasteiger partial charge in [-0.3, -0.25) is 4.79 Å². The van der Waals surface area contributed by atoms with Gasteiger partial charge < -0.3 is 5.11 Å². The lowest BCUT2D eigenvalue weighted by Gasteiger charge is -2.38. The molecule has 1 fully saturated rings. The molecular weight excluding hydrogens is 164 g/mol. The molecule has 0 aromatic heterocycles. The molecule has 1 spiro atoms. The molecule has 0 amide bonds. The summed E-state index contributed by atoms with van der Waals surface area (Å²) in [6, 6.07) is 0. The SMILES string of the molecule is O=C1C=CC2(CCCCC2)CC1O. The first-order valence-electron chi connectivity index (χ1n) is 5.13. The molecule has 72 valence electrons. The topological polar surface area (TPSA) is 37.3 Å². The Kier molecular flexibility index (Phi) is 2.24. The van der Waals surface area contributed by atoms with Crippen LogP contribution in [0, 0.1) is 5.41 Å². The average Bonchev–Trinajstić information content (AvgIpc) is 2.14. The molecular formula is C11H16O2. The highest BCUT2D eigenvalue weighted by Crippen LogP contribution is 2.43. The van der Waals surface area contributed by atoms with Gasteiger partial charge in [0.25, 0.3) is 0 Å². The lowest BCUT2D eigenvalue weighted by Crippen LogP contribution is -2.34. The maximum absolute atomic E-state index is 11.1. The molecule has 1 N–H and O–H groups in total. The van der Waals surface area contributed by atoms with Crippen molar-refractivity contribution in [3.8, 4) is 0 Å². The number of ketones is 1. The lowest BCUT2D eigenvalue weighted by molar-refractivity contribution is -0.124. The third-order valence-electron chi connectivity index (χ3n) is 3.38. The summed E-state index contributed by atoms with van der Waals surface area (Å²) in [5.74, 6) is -0.115. The number of rotatable bonds is 0. The maximum Gasteiger partial charge on any atom is 0.183 e. The first-order chi connectivity index (χ1) is 6.22. The zero-order chi connectivity index (χ0) is 9.31. The summed E-state index contributed by atoms with van der Waals surface area (Å²) in [5, 5.41) is 9.49. The first kappa shape index (κ1) is 8.95. The second-order valence-corrected chi connectivity index (χ2v) is 4.38. The van der Waals surface area contributed by atoms with E-state index in [1.807, 2.05) is 6.08 Å². The third kappa shape index (κ3) is 1.68. The van der Waals surface area contributed by atoms with Crippen molar-refractivity contribution in [1.82, 2.24) is 0 Å². The number of aliphatic hydroxyl groups excluding tert-OH is 1. The Labute approximate surface area is 78.6 Å². The molecule has 1 unspecified atom stereocenters. The van der Waals surface area contributed by atoms with Gasteiger partial charge in [-0.05, 0) is 30.8 Å². The summed E-state index contributed by atoms with van der Waals surface area (Å²) >= 11 is 0. The summed E-state index contributed by atoms with van der Waals surface area (Å²) in [6.07, 6.45) is 9.63. The molecule has 2 heteroatoms. The number of allylic oxidation sites excluding steroid dienone is 1. The zero-order valence-corrected chi connectivity index (χ0v) is 7.83. The van der Waals surface area contributed by atoms with Crippen LogP contribution >= 0.6 is 0 Å². The fourth-order valence-electron chi connectivity index (χ4n) is 2.55. The van der Waals surface area contributed by atoms with Gasteiger partial charge in [0.1, 0.15) is 6.10 Å². The van der Waals surface area contributed by atoms with Crippen LogP contribution in [0.4, 0.5) is 0 Å². The van der Waals surface area contributed by atoms with Gasteiger partial charge in [0.05, 0.1) is 0 Å². The highest BCUT2D eigenvalue weighted by Gasteiger charge is 2.36. The quantitative estimate of drug-likeness (QED) is 0.617. The van der Waals surface area contributed by atoms with Crippen molar-refractivity contribution in [2.45, 2.75) is 44.6 Å². The van der Waals surface area contributed by atoms with Crippen LogP contribution in [0.2, 0.25) is 0 Å².